The minimum atomic E-state index is -1.16. The number of hydrogen-bond donors (Lipinski definition) is 5. The van der Waals surface area contributed by atoms with E-state index in [1.807, 2.05) is 0 Å². The van der Waals surface area contributed by atoms with Crippen LogP contribution in [-0.4, -0.2) is 65.3 Å². The van der Waals surface area contributed by atoms with Crippen LogP contribution in [0.1, 0.15) is 20.3 Å². The van der Waals surface area contributed by atoms with Crippen LogP contribution in [0.25, 0.3) is 0 Å². The fourth-order valence-electron chi connectivity index (χ4n) is 1.22. The largest absolute Gasteiger partial charge is 0.480 e. The quantitative estimate of drug-likeness (QED) is 0.207. The number of methoxy groups -OCH3 is 1. The Kier molecular flexibility index (Phi) is 14.0. The van der Waals surface area contributed by atoms with Crippen molar-refractivity contribution in [3.63, 3.8) is 0 Å². The number of rotatable bonds is 8. The molecule has 0 rings (SSSR count). The predicted octanol–water partition coefficient (Wildman–Crippen LogP) is -0.941. The van der Waals surface area contributed by atoms with Crippen LogP contribution in [0.15, 0.2) is 0 Å². The topological polar surface area (TPSA) is 139 Å². The second-order valence-electron chi connectivity index (χ2n) is 4.48. The van der Waals surface area contributed by atoms with Gasteiger partial charge in [-0.1, -0.05) is 0 Å². The molecule has 0 saturated carbocycles. The van der Waals surface area contributed by atoms with Crippen molar-refractivity contribution in [3.05, 3.63) is 0 Å². The molecular weight excluding hydrogens is 360 g/mol. The summed E-state index contributed by atoms with van der Waals surface area (Å²) in [6.45, 7) is 2.59. The Morgan fingerprint density at radius 2 is 1.50 bits per heavy atom. The SMILES string of the molecule is CC(=O)CC(=O)N[C@@H](CS)C(=O)O.COC(=O)[C@H](CS)NC(C)=O. The number of ether oxygens (including phenoxy) is 1. The van der Waals surface area contributed by atoms with Gasteiger partial charge in [-0.25, -0.2) is 9.59 Å². The standard InChI is InChI=1S/C7H11NO4S.C6H11NO3S/c1-4(9)2-6(10)8-5(3-13)7(11)12;1-4(8)7-5(3-11)6(9)10-2/h5,13H,2-3H2,1H3,(H,8,10)(H,11,12);5,11H,3H2,1-2H3,(H,7,8)/t2*5-/m00/s1. The Morgan fingerprint density at radius 1 is 1.00 bits per heavy atom. The number of carboxylic acid groups (broad SMARTS) is 1. The molecule has 3 N–H and O–H groups in total. The summed E-state index contributed by atoms with van der Waals surface area (Å²) < 4.78 is 4.40. The van der Waals surface area contributed by atoms with Gasteiger partial charge in [-0.2, -0.15) is 25.3 Å². The van der Waals surface area contributed by atoms with Gasteiger partial charge in [-0.3, -0.25) is 14.4 Å². The highest BCUT2D eigenvalue weighted by Gasteiger charge is 2.18. The van der Waals surface area contributed by atoms with E-state index in [0.717, 1.165) is 0 Å². The maximum absolute atomic E-state index is 10.9. The molecule has 0 heterocycles. The summed E-state index contributed by atoms with van der Waals surface area (Å²) in [5.74, 6) is -2.56. The first-order chi connectivity index (χ1) is 11.1. The molecule has 138 valence electrons. The summed E-state index contributed by atoms with van der Waals surface area (Å²) in [6, 6.07) is -1.67. The van der Waals surface area contributed by atoms with Crippen molar-refractivity contribution >= 4 is 54.8 Å². The Labute approximate surface area is 150 Å². The molecule has 0 radical (unpaired) electrons. The zero-order valence-electron chi connectivity index (χ0n) is 13.6. The summed E-state index contributed by atoms with van der Waals surface area (Å²) in [5, 5.41) is 13.1. The van der Waals surface area contributed by atoms with Gasteiger partial charge < -0.3 is 20.5 Å². The third-order valence-electron chi connectivity index (χ3n) is 2.27. The summed E-state index contributed by atoms with van der Waals surface area (Å²) in [6.07, 6.45) is -0.294. The van der Waals surface area contributed by atoms with Crippen LogP contribution in [0.2, 0.25) is 0 Å². The van der Waals surface area contributed by atoms with Crippen molar-refractivity contribution in [2.45, 2.75) is 32.4 Å². The number of amides is 2. The minimum absolute atomic E-state index is 0.00101. The lowest BCUT2D eigenvalue weighted by Gasteiger charge is -2.11. The van der Waals surface area contributed by atoms with E-state index in [0.29, 0.717) is 0 Å². The lowest BCUT2D eigenvalue weighted by atomic mass is 10.2. The highest BCUT2D eigenvalue weighted by molar-refractivity contribution is 7.80. The zero-order valence-corrected chi connectivity index (χ0v) is 15.4. The molecule has 0 fully saturated rings. The van der Waals surface area contributed by atoms with E-state index < -0.39 is 29.9 Å². The van der Waals surface area contributed by atoms with E-state index in [2.05, 4.69) is 40.6 Å². The third-order valence-corrected chi connectivity index (χ3v) is 3.00. The second-order valence-corrected chi connectivity index (χ2v) is 5.21. The molecule has 2 atom stereocenters. The highest BCUT2D eigenvalue weighted by Crippen LogP contribution is 1.91. The maximum atomic E-state index is 10.9. The van der Waals surface area contributed by atoms with E-state index in [-0.39, 0.29) is 29.6 Å². The Bertz CT molecular complexity index is 471. The molecule has 0 spiro atoms. The molecule has 0 saturated heterocycles. The van der Waals surface area contributed by atoms with Crippen molar-refractivity contribution < 1.29 is 33.8 Å². The first kappa shape index (κ1) is 24.5. The molecule has 0 aliphatic rings. The van der Waals surface area contributed by atoms with Crippen molar-refractivity contribution in [1.29, 1.82) is 0 Å². The van der Waals surface area contributed by atoms with Gasteiger partial charge in [0.25, 0.3) is 0 Å². The Balaban J connectivity index is 0. The second kappa shape index (κ2) is 13.7. The monoisotopic (exact) mass is 382 g/mol. The fourth-order valence-corrected chi connectivity index (χ4v) is 1.71. The molecule has 0 aromatic carbocycles. The molecule has 11 heteroatoms. The van der Waals surface area contributed by atoms with Crippen LogP contribution in [0, 0.1) is 0 Å². The molecule has 9 nitrogen and oxygen atoms in total. The summed E-state index contributed by atoms with van der Waals surface area (Å²) in [7, 11) is 1.26. The van der Waals surface area contributed by atoms with Crippen molar-refractivity contribution in [2.75, 3.05) is 18.6 Å². The average Bonchev–Trinajstić information content (AvgIpc) is 2.48. The lowest BCUT2D eigenvalue weighted by molar-refractivity contribution is -0.144. The number of hydrogen-bond acceptors (Lipinski definition) is 8. The van der Waals surface area contributed by atoms with Gasteiger partial charge in [0, 0.05) is 18.4 Å². The minimum Gasteiger partial charge on any atom is -0.480 e. The van der Waals surface area contributed by atoms with Crippen molar-refractivity contribution in [1.82, 2.24) is 10.6 Å². The first-order valence-corrected chi connectivity index (χ1v) is 7.93. The van der Waals surface area contributed by atoms with Gasteiger partial charge in [0.15, 0.2) is 0 Å². The van der Waals surface area contributed by atoms with Gasteiger partial charge in [0.05, 0.1) is 13.5 Å². The van der Waals surface area contributed by atoms with Gasteiger partial charge >= 0.3 is 11.9 Å². The van der Waals surface area contributed by atoms with E-state index in [4.69, 9.17) is 5.11 Å². The molecular formula is C13H22N2O7S2. The van der Waals surface area contributed by atoms with Gasteiger partial charge in [0.1, 0.15) is 17.9 Å². The fraction of sp³-hybridized carbons (Fsp3) is 0.615. The molecule has 0 bridgehead atoms. The van der Waals surface area contributed by atoms with E-state index in [1.54, 1.807) is 0 Å². The molecule has 0 aliphatic heterocycles. The van der Waals surface area contributed by atoms with Crippen LogP contribution in [-0.2, 0) is 28.7 Å². The Morgan fingerprint density at radius 3 is 1.79 bits per heavy atom. The van der Waals surface area contributed by atoms with Crippen LogP contribution in [0.5, 0.6) is 0 Å². The average molecular weight is 382 g/mol. The molecule has 0 aromatic rings. The number of carbonyl (C=O) groups is 5. The highest BCUT2D eigenvalue weighted by atomic mass is 32.1. The first-order valence-electron chi connectivity index (χ1n) is 6.67. The lowest BCUT2D eigenvalue weighted by Crippen LogP contribution is -2.42. The normalized spacial score (nSPS) is 11.9. The number of nitrogens with one attached hydrogen (secondary N) is 2. The number of carboxylic acids is 1. The predicted molar refractivity (Wildman–Crippen MR) is 92.2 cm³/mol. The number of aliphatic carboxylic acids is 1. The molecule has 0 aliphatic carbocycles. The Hall–Kier alpha value is -1.75. The number of carbonyl (C=O) groups excluding carboxylic acids is 4. The van der Waals surface area contributed by atoms with Crippen LogP contribution in [0.4, 0.5) is 0 Å². The van der Waals surface area contributed by atoms with E-state index in [9.17, 15) is 24.0 Å². The summed E-state index contributed by atoms with van der Waals surface area (Å²) >= 11 is 7.61. The van der Waals surface area contributed by atoms with Crippen LogP contribution in [0.3, 0.4) is 0 Å². The smallest absolute Gasteiger partial charge is 0.329 e. The number of Topliss-reactive ketones (excluding diaryl/α,β-unsaturated/α-hetero) is 1. The van der Waals surface area contributed by atoms with Crippen molar-refractivity contribution in [3.8, 4) is 0 Å². The summed E-state index contributed by atoms with van der Waals surface area (Å²) in [5.41, 5.74) is 0. The molecule has 24 heavy (non-hydrogen) atoms. The van der Waals surface area contributed by atoms with Crippen LogP contribution < -0.4 is 10.6 Å². The molecule has 0 unspecified atom stereocenters. The summed E-state index contributed by atoms with van der Waals surface area (Å²) in [4.78, 5) is 53.0. The third kappa shape index (κ3) is 12.8. The number of thiol groups is 2. The molecule has 0 aromatic heterocycles. The number of esters is 1. The maximum Gasteiger partial charge on any atom is 0.329 e. The van der Waals surface area contributed by atoms with Gasteiger partial charge in [0.2, 0.25) is 11.8 Å². The van der Waals surface area contributed by atoms with Gasteiger partial charge in [-0.15, -0.1) is 0 Å². The molecule has 2 amide bonds. The van der Waals surface area contributed by atoms with Crippen molar-refractivity contribution in [2.24, 2.45) is 0 Å². The van der Waals surface area contributed by atoms with E-state index in [1.165, 1.54) is 21.0 Å². The zero-order chi connectivity index (χ0) is 19.3. The van der Waals surface area contributed by atoms with E-state index >= 15 is 0 Å². The number of ketones is 1. The van der Waals surface area contributed by atoms with Gasteiger partial charge in [-0.05, 0) is 6.92 Å². The van der Waals surface area contributed by atoms with Crippen LogP contribution >= 0.6 is 25.3 Å².